The highest BCUT2D eigenvalue weighted by Crippen LogP contribution is 2.38. The zero-order valence-electron chi connectivity index (χ0n) is 18.0. The Labute approximate surface area is 193 Å². The molecule has 32 heavy (non-hydrogen) atoms. The van der Waals surface area contributed by atoms with Crippen LogP contribution in [0.15, 0.2) is 60.8 Å². The summed E-state index contributed by atoms with van der Waals surface area (Å²) in [5.74, 6) is 1.28. The van der Waals surface area contributed by atoms with Crippen LogP contribution in [0.25, 0.3) is 22.3 Å². The normalized spacial score (nSPS) is 18.7. The first kappa shape index (κ1) is 21.0. The van der Waals surface area contributed by atoms with Crippen LogP contribution in [0, 0.1) is 0 Å². The number of hydrogen-bond acceptors (Lipinski definition) is 4. The standard InChI is InChI=1S/C26H28ClN5/c27-21-16-30-26-20(15-23(32-26)18-8-4-9-19(28)14-18)25(21)22-10-5-11-24(31-22)29-13-12-17-6-2-1-3-7-17/h1-3,5-7,10-11,15-16,18-19H,4,8-9,12-14,28H2,(H,29,31)(H,30,32). The van der Waals surface area contributed by atoms with Crippen molar-refractivity contribution in [2.24, 2.45) is 5.73 Å². The number of pyridine rings is 2. The number of fused-ring (bicyclic) bond motifs is 1. The number of nitrogens with zero attached hydrogens (tertiary/aromatic N) is 2. The molecule has 0 radical (unpaired) electrons. The topological polar surface area (TPSA) is 79.6 Å². The van der Waals surface area contributed by atoms with Crippen LogP contribution in [-0.2, 0) is 6.42 Å². The average Bonchev–Trinajstić information content (AvgIpc) is 3.24. The summed E-state index contributed by atoms with van der Waals surface area (Å²) in [7, 11) is 0. The second-order valence-electron chi connectivity index (χ2n) is 8.66. The number of hydrogen-bond donors (Lipinski definition) is 3. The molecule has 3 heterocycles. The molecule has 164 valence electrons. The van der Waals surface area contributed by atoms with Crippen LogP contribution in [0.2, 0.25) is 5.02 Å². The Kier molecular flexibility index (Phi) is 6.10. The Hall–Kier alpha value is -2.89. The van der Waals surface area contributed by atoms with E-state index < -0.39 is 0 Å². The van der Waals surface area contributed by atoms with Gasteiger partial charge in [0.05, 0.1) is 10.7 Å². The first-order valence-electron chi connectivity index (χ1n) is 11.4. The minimum Gasteiger partial charge on any atom is -0.370 e. The second-order valence-corrected chi connectivity index (χ2v) is 9.07. The van der Waals surface area contributed by atoms with Gasteiger partial charge in [0.15, 0.2) is 0 Å². The van der Waals surface area contributed by atoms with Crippen LogP contribution in [0.5, 0.6) is 0 Å². The Bertz CT molecular complexity index is 1200. The Balaban J connectivity index is 1.41. The molecular weight excluding hydrogens is 418 g/mol. The summed E-state index contributed by atoms with van der Waals surface area (Å²) in [5, 5.41) is 5.06. The molecule has 5 nitrogen and oxygen atoms in total. The number of aromatic amines is 1. The summed E-state index contributed by atoms with van der Waals surface area (Å²) in [6.45, 7) is 0.816. The van der Waals surface area contributed by atoms with Crippen LogP contribution >= 0.6 is 11.6 Å². The smallest absolute Gasteiger partial charge is 0.138 e. The molecule has 6 heteroatoms. The zero-order valence-corrected chi connectivity index (χ0v) is 18.8. The number of nitrogens with two attached hydrogens (primary N) is 1. The highest BCUT2D eigenvalue weighted by atomic mass is 35.5. The maximum absolute atomic E-state index is 6.64. The summed E-state index contributed by atoms with van der Waals surface area (Å²) in [6, 6.07) is 18.9. The van der Waals surface area contributed by atoms with Gasteiger partial charge in [0.25, 0.3) is 0 Å². The molecule has 2 unspecified atom stereocenters. The minimum atomic E-state index is 0.275. The van der Waals surface area contributed by atoms with Gasteiger partial charge in [-0.3, -0.25) is 0 Å². The van der Waals surface area contributed by atoms with Gasteiger partial charge in [-0.1, -0.05) is 54.4 Å². The summed E-state index contributed by atoms with van der Waals surface area (Å²) < 4.78 is 0. The van der Waals surface area contributed by atoms with Gasteiger partial charge in [-0.25, -0.2) is 9.97 Å². The number of benzene rings is 1. The summed E-state index contributed by atoms with van der Waals surface area (Å²) in [4.78, 5) is 12.9. The largest absolute Gasteiger partial charge is 0.370 e. The van der Waals surface area contributed by atoms with E-state index in [1.165, 1.54) is 17.7 Å². The fraction of sp³-hybridized carbons (Fsp3) is 0.308. The van der Waals surface area contributed by atoms with Gasteiger partial charge in [0, 0.05) is 41.3 Å². The van der Waals surface area contributed by atoms with Crippen molar-refractivity contribution in [3.8, 4) is 11.3 Å². The van der Waals surface area contributed by atoms with Crippen LogP contribution < -0.4 is 11.1 Å². The molecule has 0 bridgehead atoms. The van der Waals surface area contributed by atoms with E-state index in [-0.39, 0.29) is 6.04 Å². The zero-order chi connectivity index (χ0) is 21.9. The third-order valence-corrected chi connectivity index (χ3v) is 6.64. The molecule has 1 aromatic carbocycles. The van der Waals surface area contributed by atoms with Gasteiger partial charge < -0.3 is 16.0 Å². The quantitative estimate of drug-likeness (QED) is 0.344. The maximum atomic E-state index is 6.64. The number of aromatic nitrogens is 3. The first-order chi connectivity index (χ1) is 15.7. The third kappa shape index (κ3) is 4.50. The monoisotopic (exact) mass is 445 g/mol. The molecule has 1 aliphatic carbocycles. The van der Waals surface area contributed by atoms with Crippen molar-refractivity contribution in [1.29, 1.82) is 0 Å². The number of rotatable bonds is 6. The lowest BCUT2D eigenvalue weighted by Gasteiger charge is -2.25. The summed E-state index contributed by atoms with van der Waals surface area (Å²) in [6.07, 6.45) is 7.10. The fourth-order valence-electron chi connectivity index (χ4n) is 4.71. The molecule has 4 aromatic rings. The lowest BCUT2D eigenvalue weighted by molar-refractivity contribution is 0.389. The number of halogens is 1. The molecular formula is C26H28ClN5. The van der Waals surface area contributed by atoms with Crippen LogP contribution in [0.1, 0.15) is 42.9 Å². The van der Waals surface area contributed by atoms with Crippen molar-refractivity contribution in [2.45, 2.75) is 44.1 Å². The van der Waals surface area contributed by atoms with Crippen LogP contribution in [0.3, 0.4) is 0 Å². The molecule has 0 aliphatic heterocycles. The van der Waals surface area contributed by atoms with E-state index in [1.807, 2.05) is 24.3 Å². The molecule has 3 aromatic heterocycles. The van der Waals surface area contributed by atoms with Gasteiger partial charge in [0.2, 0.25) is 0 Å². The summed E-state index contributed by atoms with van der Waals surface area (Å²) >= 11 is 6.64. The van der Waals surface area contributed by atoms with Crippen LogP contribution in [0.4, 0.5) is 5.82 Å². The predicted octanol–water partition coefficient (Wildman–Crippen LogP) is 5.92. The second kappa shape index (κ2) is 9.31. The molecule has 0 spiro atoms. The van der Waals surface area contributed by atoms with E-state index in [4.69, 9.17) is 22.3 Å². The predicted molar refractivity (Wildman–Crippen MR) is 132 cm³/mol. The van der Waals surface area contributed by atoms with Crippen molar-refractivity contribution < 1.29 is 0 Å². The average molecular weight is 446 g/mol. The van der Waals surface area contributed by atoms with E-state index in [1.54, 1.807) is 6.20 Å². The molecule has 4 N–H and O–H groups in total. The van der Waals surface area contributed by atoms with E-state index in [9.17, 15) is 0 Å². The van der Waals surface area contributed by atoms with Crippen molar-refractivity contribution in [2.75, 3.05) is 11.9 Å². The molecule has 0 saturated heterocycles. The van der Waals surface area contributed by atoms with Gasteiger partial charge in [-0.05, 0) is 49.4 Å². The molecule has 1 aliphatic rings. The number of anilines is 1. The van der Waals surface area contributed by atoms with Crippen molar-refractivity contribution in [3.63, 3.8) is 0 Å². The van der Waals surface area contributed by atoms with Crippen LogP contribution in [-0.4, -0.2) is 27.5 Å². The molecule has 5 rings (SSSR count). The maximum Gasteiger partial charge on any atom is 0.138 e. The van der Waals surface area contributed by atoms with Gasteiger partial charge in [-0.15, -0.1) is 0 Å². The first-order valence-corrected chi connectivity index (χ1v) is 11.7. The third-order valence-electron chi connectivity index (χ3n) is 6.36. The van der Waals surface area contributed by atoms with Gasteiger partial charge in [0.1, 0.15) is 11.5 Å². The molecule has 2 atom stereocenters. The van der Waals surface area contributed by atoms with Crippen molar-refractivity contribution in [3.05, 3.63) is 77.1 Å². The van der Waals surface area contributed by atoms with E-state index in [0.717, 1.165) is 60.3 Å². The van der Waals surface area contributed by atoms with Gasteiger partial charge in [-0.2, -0.15) is 0 Å². The lowest BCUT2D eigenvalue weighted by Crippen LogP contribution is -2.26. The summed E-state index contributed by atoms with van der Waals surface area (Å²) in [5.41, 5.74) is 11.3. The fourth-order valence-corrected chi connectivity index (χ4v) is 4.96. The Morgan fingerprint density at radius 3 is 2.81 bits per heavy atom. The van der Waals surface area contributed by atoms with E-state index in [0.29, 0.717) is 10.9 Å². The van der Waals surface area contributed by atoms with Crippen molar-refractivity contribution in [1.82, 2.24) is 15.0 Å². The van der Waals surface area contributed by atoms with E-state index >= 15 is 0 Å². The number of H-pyrrole nitrogens is 1. The van der Waals surface area contributed by atoms with Gasteiger partial charge >= 0.3 is 0 Å². The molecule has 1 fully saturated rings. The minimum absolute atomic E-state index is 0.275. The van der Waals surface area contributed by atoms with E-state index in [2.05, 4.69) is 45.6 Å². The highest BCUT2D eigenvalue weighted by Gasteiger charge is 2.23. The molecule has 0 amide bonds. The molecule has 1 saturated carbocycles. The Morgan fingerprint density at radius 2 is 1.97 bits per heavy atom. The highest BCUT2D eigenvalue weighted by molar-refractivity contribution is 6.34. The van der Waals surface area contributed by atoms with Crippen molar-refractivity contribution >= 4 is 28.5 Å². The Morgan fingerprint density at radius 1 is 1.09 bits per heavy atom. The SMILES string of the molecule is NC1CCCC(c2cc3c(-c4cccc(NCCc5ccccc5)n4)c(Cl)cnc3[nH]2)C1. The number of nitrogens with one attached hydrogen (secondary N) is 2. The lowest BCUT2D eigenvalue weighted by atomic mass is 9.84.